The molecule has 1 amide bonds. The van der Waals surface area contributed by atoms with Crippen molar-refractivity contribution in [2.24, 2.45) is 0 Å². The van der Waals surface area contributed by atoms with Crippen LogP contribution >= 0.6 is 0 Å². The van der Waals surface area contributed by atoms with Crippen LogP contribution in [0.15, 0.2) is 0 Å². The maximum atomic E-state index is 11.9. The lowest BCUT2D eigenvalue weighted by atomic mass is 10.1. The minimum absolute atomic E-state index is 0.0546. The van der Waals surface area contributed by atoms with Crippen LogP contribution in [0.3, 0.4) is 0 Å². The third-order valence-corrected chi connectivity index (χ3v) is 3.24. The van der Waals surface area contributed by atoms with Gasteiger partial charge in [0.1, 0.15) is 6.04 Å². The van der Waals surface area contributed by atoms with Crippen LogP contribution in [0.4, 0.5) is 0 Å². The lowest BCUT2D eigenvalue weighted by Gasteiger charge is -2.17. The molecular weight excluding hydrogens is 268 g/mol. The maximum Gasteiger partial charge on any atom is 0.326 e. The molecular formula is C12H20N2O6. The van der Waals surface area contributed by atoms with Crippen LogP contribution in [0.2, 0.25) is 0 Å². The minimum atomic E-state index is -1.16. The molecule has 1 fully saturated rings. The van der Waals surface area contributed by atoms with Crippen LogP contribution in [0.5, 0.6) is 0 Å². The van der Waals surface area contributed by atoms with Gasteiger partial charge < -0.3 is 25.6 Å². The molecule has 8 nitrogen and oxygen atoms in total. The summed E-state index contributed by atoms with van der Waals surface area (Å²) in [5, 5.41) is 22.9. The summed E-state index contributed by atoms with van der Waals surface area (Å²) in [6.45, 7) is 0.547. The summed E-state index contributed by atoms with van der Waals surface area (Å²) < 4.78 is 5.11. The summed E-state index contributed by atoms with van der Waals surface area (Å²) >= 11 is 0. The summed E-state index contributed by atoms with van der Waals surface area (Å²) in [6, 6.07) is -1.54. The van der Waals surface area contributed by atoms with Crippen LogP contribution in [-0.4, -0.2) is 59.9 Å². The number of nitrogens with one attached hydrogen (secondary N) is 2. The van der Waals surface area contributed by atoms with Crippen molar-refractivity contribution >= 4 is 17.8 Å². The number of carboxylic acid groups (broad SMARTS) is 2. The number of rotatable bonds is 8. The summed E-state index contributed by atoms with van der Waals surface area (Å²) in [5.41, 5.74) is 0. The van der Waals surface area contributed by atoms with Gasteiger partial charge in [0, 0.05) is 20.1 Å². The molecule has 0 aromatic rings. The fourth-order valence-electron chi connectivity index (χ4n) is 2.07. The van der Waals surface area contributed by atoms with E-state index in [4.69, 9.17) is 14.9 Å². The number of carbonyl (C=O) groups excluding carboxylic acids is 1. The highest BCUT2D eigenvalue weighted by Gasteiger charge is 2.31. The zero-order valence-electron chi connectivity index (χ0n) is 11.3. The average Bonchev–Trinajstić information content (AvgIpc) is 2.85. The first-order valence-electron chi connectivity index (χ1n) is 6.45. The fourth-order valence-corrected chi connectivity index (χ4v) is 2.07. The van der Waals surface area contributed by atoms with Crippen LogP contribution in [0, 0.1) is 0 Å². The molecule has 0 radical (unpaired) electrons. The van der Waals surface area contributed by atoms with Gasteiger partial charge in [0.2, 0.25) is 5.91 Å². The molecule has 0 aromatic heterocycles. The highest BCUT2D eigenvalue weighted by Crippen LogP contribution is 2.10. The number of carboxylic acids is 2. The summed E-state index contributed by atoms with van der Waals surface area (Å²) in [5.74, 6) is -2.54. The van der Waals surface area contributed by atoms with Crippen molar-refractivity contribution < 1.29 is 29.3 Å². The summed E-state index contributed by atoms with van der Waals surface area (Å²) in [4.78, 5) is 33.3. The van der Waals surface area contributed by atoms with Gasteiger partial charge >= 0.3 is 11.9 Å². The van der Waals surface area contributed by atoms with Crippen LogP contribution in [-0.2, 0) is 19.1 Å². The van der Waals surface area contributed by atoms with E-state index in [1.807, 2.05) is 0 Å². The van der Waals surface area contributed by atoms with E-state index in [0.29, 0.717) is 13.0 Å². The zero-order chi connectivity index (χ0) is 15.1. The van der Waals surface area contributed by atoms with E-state index in [2.05, 4.69) is 10.6 Å². The number of ether oxygens (including phenoxy) is 1. The van der Waals surface area contributed by atoms with Gasteiger partial charge in [-0.3, -0.25) is 9.59 Å². The van der Waals surface area contributed by atoms with Crippen molar-refractivity contribution in [2.75, 3.05) is 13.7 Å². The van der Waals surface area contributed by atoms with Gasteiger partial charge in [-0.25, -0.2) is 4.79 Å². The largest absolute Gasteiger partial charge is 0.481 e. The van der Waals surface area contributed by atoms with Crippen LogP contribution in [0.25, 0.3) is 0 Å². The highest BCUT2D eigenvalue weighted by molar-refractivity contribution is 5.87. The van der Waals surface area contributed by atoms with E-state index < -0.39 is 29.9 Å². The number of methoxy groups -OCH3 is 1. The highest BCUT2D eigenvalue weighted by atomic mass is 16.5. The minimum Gasteiger partial charge on any atom is -0.481 e. The Morgan fingerprint density at radius 3 is 2.60 bits per heavy atom. The van der Waals surface area contributed by atoms with Gasteiger partial charge in [-0.2, -0.15) is 0 Å². The molecule has 114 valence electrons. The second-order valence-corrected chi connectivity index (χ2v) is 4.74. The summed E-state index contributed by atoms with van der Waals surface area (Å²) in [7, 11) is 1.55. The van der Waals surface area contributed by atoms with Crippen molar-refractivity contribution in [3.05, 3.63) is 0 Å². The Bertz CT molecular complexity index is 373. The molecule has 8 heteroatoms. The number of hydrogen-bond donors (Lipinski definition) is 4. The number of hydrogen-bond acceptors (Lipinski definition) is 5. The molecule has 1 saturated heterocycles. The van der Waals surface area contributed by atoms with Gasteiger partial charge in [0.15, 0.2) is 0 Å². The Kier molecular flexibility index (Phi) is 6.40. The third kappa shape index (κ3) is 5.14. The lowest BCUT2D eigenvalue weighted by Crippen LogP contribution is -2.48. The lowest BCUT2D eigenvalue weighted by molar-refractivity contribution is -0.143. The van der Waals surface area contributed by atoms with Crippen molar-refractivity contribution in [1.29, 1.82) is 0 Å². The van der Waals surface area contributed by atoms with Gasteiger partial charge in [-0.1, -0.05) is 0 Å². The second-order valence-electron chi connectivity index (χ2n) is 4.74. The molecule has 0 bridgehead atoms. The van der Waals surface area contributed by atoms with E-state index in [1.54, 1.807) is 7.11 Å². The SMILES string of the molecule is COC1CNC(C(=O)N[C@H](CCCC(=O)O)C(=O)O)C1. The Labute approximate surface area is 116 Å². The van der Waals surface area contributed by atoms with Gasteiger partial charge in [0.25, 0.3) is 0 Å². The van der Waals surface area contributed by atoms with Gasteiger partial charge in [-0.05, 0) is 19.3 Å². The summed E-state index contributed by atoms with van der Waals surface area (Å²) in [6.07, 6.45) is 0.608. The molecule has 0 aromatic carbocycles. The Morgan fingerprint density at radius 2 is 2.10 bits per heavy atom. The number of carbonyl (C=O) groups is 3. The molecule has 1 rings (SSSR count). The van der Waals surface area contributed by atoms with E-state index in [9.17, 15) is 14.4 Å². The quantitative estimate of drug-likeness (QED) is 0.460. The number of amides is 1. The molecule has 0 saturated carbocycles. The first-order valence-corrected chi connectivity index (χ1v) is 6.45. The maximum absolute atomic E-state index is 11.9. The molecule has 20 heavy (non-hydrogen) atoms. The smallest absolute Gasteiger partial charge is 0.326 e. The van der Waals surface area contributed by atoms with Crippen molar-refractivity contribution in [3.63, 3.8) is 0 Å². The molecule has 2 unspecified atom stereocenters. The molecule has 0 spiro atoms. The van der Waals surface area contributed by atoms with E-state index in [0.717, 1.165) is 0 Å². The van der Waals surface area contributed by atoms with Crippen molar-refractivity contribution in [1.82, 2.24) is 10.6 Å². The van der Waals surface area contributed by atoms with E-state index >= 15 is 0 Å². The third-order valence-electron chi connectivity index (χ3n) is 3.24. The predicted molar refractivity (Wildman–Crippen MR) is 68.3 cm³/mol. The predicted octanol–water partition coefficient (Wildman–Crippen LogP) is -0.812. The van der Waals surface area contributed by atoms with Crippen LogP contribution < -0.4 is 10.6 Å². The number of aliphatic carboxylic acids is 2. The molecule has 4 N–H and O–H groups in total. The first-order chi connectivity index (χ1) is 9.43. The Balaban J connectivity index is 2.43. The molecule has 0 aliphatic carbocycles. The topological polar surface area (TPSA) is 125 Å². The molecule has 1 aliphatic rings. The van der Waals surface area contributed by atoms with Gasteiger partial charge in [0.05, 0.1) is 12.1 Å². The van der Waals surface area contributed by atoms with E-state index in [1.165, 1.54) is 0 Å². The zero-order valence-corrected chi connectivity index (χ0v) is 11.3. The van der Waals surface area contributed by atoms with Gasteiger partial charge in [-0.15, -0.1) is 0 Å². The average molecular weight is 288 g/mol. The Hall–Kier alpha value is -1.67. The second kappa shape index (κ2) is 7.81. The molecule has 1 aliphatic heterocycles. The van der Waals surface area contributed by atoms with Crippen LogP contribution in [0.1, 0.15) is 25.7 Å². The molecule has 3 atom stereocenters. The molecule has 1 heterocycles. The normalized spacial score (nSPS) is 23.2. The first kappa shape index (κ1) is 16.4. The Morgan fingerprint density at radius 1 is 1.40 bits per heavy atom. The standard InChI is InChI=1S/C12H20N2O6/c1-20-7-5-9(13-6-7)11(17)14-8(12(18)19)3-2-4-10(15)16/h7-9,13H,2-6H2,1H3,(H,14,17)(H,15,16)(H,18,19)/t7?,8-,9?/m1/s1. The fraction of sp³-hybridized carbons (Fsp3) is 0.750. The monoisotopic (exact) mass is 288 g/mol. The van der Waals surface area contributed by atoms with E-state index in [-0.39, 0.29) is 25.4 Å². The van der Waals surface area contributed by atoms with Crippen molar-refractivity contribution in [2.45, 2.75) is 43.9 Å². The van der Waals surface area contributed by atoms with Crippen molar-refractivity contribution in [3.8, 4) is 0 Å².